The second-order valence-electron chi connectivity index (χ2n) is 6.80. The number of hydrogen-bond acceptors (Lipinski definition) is 4. The molecule has 1 N–H and O–H groups in total. The molecule has 29 heavy (non-hydrogen) atoms. The lowest BCUT2D eigenvalue weighted by Gasteiger charge is -2.04. The molecule has 0 amide bonds. The van der Waals surface area contributed by atoms with Gasteiger partial charge in [-0.1, -0.05) is 43.3 Å². The van der Waals surface area contributed by atoms with Gasteiger partial charge in [0.15, 0.2) is 6.61 Å². The Morgan fingerprint density at radius 2 is 1.86 bits per heavy atom. The van der Waals surface area contributed by atoms with Crippen molar-refractivity contribution in [2.45, 2.75) is 20.3 Å². The van der Waals surface area contributed by atoms with Gasteiger partial charge in [-0.25, -0.2) is 9.48 Å². The van der Waals surface area contributed by atoms with Gasteiger partial charge in [-0.2, -0.15) is 5.10 Å². The van der Waals surface area contributed by atoms with Crippen LogP contribution in [0.15, 0.2) is 60.9 Å². The molecule has 4 rings (SSSR count). The van der Waals surface area contributed by atoms with Gasteiger partial charge < -0.3 is 9.72 Å². The molecule has 2 aromatic carbocycles. The lowest BCUT2D eigenvalue weighted by atomic mass is 10.1. The van der Waals surface area contributed by atoms with E-state index in [9.17, 15) is 9.59 Å². The van der Waals surface area contributed by atoms with Crippen molar-refractivity contribution in [1.82, 2.24) is 14.8 Å². The molecular formula is C23H21N3O3. The second kappa shape index (κ2) is 7.75. The van der Waals surface area contributed by atoms with E-state index in [1.54, 1.807) is 24.0 Å². The van der Waals surface area contributed by atoms with Crippen LogP contribution in [0.4, 0.5) is 0 Å². The standard InChI is InChI=1S/C23H21N3O3/c1-3-16-8-7-11-18-19(12-24-22(16)18)21(27)14-29-23(28)20-13-26(25-15(20)2)17-9-5-4-6-10-17/h4-13,24H,3,14H2,1-2H3. The highest BCUT2D eigenvalue weighted by molar-refractivity contribution is 6.09. The van der Waals surface area contributed by atoms with Crippen molar-refractivity contribution in [3.05, 3.63) is 83.3 Å². The van der Waals surface area contributed by atoms with E-state index in [1.807, 2.05) is 48.5 Å². The zero-order valence-electron chi connectivity index (χ0n) is 16.3. The molecule has 4 aromatic rings. The number of benzene rings is 2. The molecule has 0 saturated heterocycles. The molecule has 6 nitrogen and oxygen atoms in total. The molecule has 0 aliphatic carbocycles. The topological polar surface area (TPSA) is 77.0 Å². The number of esters is 1. The largest absolute Gasteiger partial charge is 0.454 e. The van der Waals surface area contributed by atoms with E-state index in [-0.39, 0.29) is 12.4 Å². The molecular weight excluding hydrogens is 366 g/mol. The van der Waals surface area contributed by atoms with E-state index in [2.05, 4.69) is 17.0 Å². The summed E-state index contributed by atoms with van der Waals surface area (Å²) in [6.45, 7) is 3.48. The first kappa shape index (κ1) is 18.7. The predicted octanol–water partition coefficient (Wildman–Crippen LogP) is 4.26. The van der Waals surface area contributed by atoms with Crippen LogP contribution in [0.1, 0.15) is 38.9 Å². The highest BCUT2D eigenvalue weighted by Crippen LogP contribution is 2.23. The first-order valence-corrected chi connectivity index (χ1v) is 9.49. The maximum atomic E-state index is 12.6. The van der Waals surface area contributed by atoms with Crippen LogP contribution in [-0.4, -0.2) is 33.1 Å². The Kier molecular flexibility index (Phi) is 4.99. The number of fused-ring (bicyclic) bond motifs is 1. The third-order valence-corrected chi connectivity index (χ3v) is 4.96. The fourth-order valence-electron chi connectivity index (χ4n) is 3.40. The van der Waals surface area contributed by atoms with E-state index in [0.717, 1.165) is 28.6 Å². The Balaban J connectivity index is 1.49. The summed E-state index contributed by atoms with van der Waals surface area (Å²) < 4.78 is 6.92. The first-order chi connectivity index (χ1) is 14.1. The van der Waals surface area contributed by atoms with Crippen molar-refractivity contribution in [3.8, 4) is 5.69 Å². The SMILES string of the molecule is CCc1cccc2c(C(=O)COC(=O)c3cn(-c4ccccc4)nc3C)c[nH]c12. The monoisotopic (exact) mass is 387 g/mol. The van der Waals surface area contributed by atoms with Gasteiger partial charge in [0.1, 0.15) is 5.56 Å². The van der Waals surface area contributed by atoms with Crippen molar-refractivity contribution in [1.29, 1.82) is 0 Å². The number of nitrogens with one attached hydrogen (secondary N) is 1. The number of aromatic nitrogens is 3. The van der Waals surface area contributed by atoms with E-state index in [0.29, 0.717) is 16.8 Å². The van der Waals surface area contributed by atoms with Crippen molar-refractivity contribution >= 4 is 22.7 Å². The summed E-state index contributed by atoms with van der Waals surface area (Å²) in [6.07, 6.45) is 4.17. The summed E-state index contributed by atoms with van der Waals surface area (Å²) >= 11 is 0. The molecule has 146 valence electrons. The fourth-order valence-corrected chi connectivity index (χ4v) is 3.40. The number of aryl methyl sites for hydroxylation is 2. The lowest BCUT2D eigenvalue weighted by molar-refractivity contribution is 0.0474. The Morgan fingerprint density at radius 1 is 1.07 bits per heavy atom. The Hall–Kier alpha value is -3.67. The number of hydrogen-bond donors (Lipinski definition) is 1. The normalized spacial score (nSPS) is 11.0. The average Bonchev–Trinajstić information content (AvgIpc) is 3.36. The van der Waals surface area contributed by atoms with Gasteiger partial charge in [-0.3, -0.25) is 4.79 Å². The minimum atomic E-state index is -0.563. The van der Waals surface area contributed by atoms with Gasteiger partial charge in [0.2, 0.25) is 5.78 Å². The highest BCUT2D eigenvalue weighted by Gasteiger charge is 2.19. The quantitative estimate of drug-likeness (QED) is 0.396. The van der Waals surface area contributed by atoms with Crippen molar-refractivity contribution in [2.75, 3.05) is 6.61 Å². The molecule has 0 saturated carbocycles. The molecule has 0 atom stereocenters. The molecule has 6 heteroatoms. The first-order valence-electron chi connectivity index (χ1n) is 9.49. The summed E-state index contributed by atoms with van der Waals surface area (Å²) in [6, 6.07) is 15.4. The number of nitrogens with zero attached hydrogens (tertiary/aromatic N) is 2. The third-order valence-electron chi connectivity index (χ3n) is 4.96. The van der Waals surface area contributed by atoms with Gasteiger partial charge in [-0.05, 0) is 31.0 Å². The van der Waals surface area contributed by atoms with E-state index in [4.69, 9.17) is 4.74 Å². The van der Waals surface area contributed by atoms with Crippen LogP contribution in [-0.2, 0) is 11.2 Å². The Morgan fingerprint density at radius 3 is 2.62 bits per heavy atom. The zero-order chi connectivity index (χ0) is 20.4. The number of carbonyl (C=O) groups excluding carboxylic acids is 2. The van der Waals surface area contributed by atoms with Crippen LogP contribution in [0, 0.1) is 6.92 Å². The number of Topliss-reactive ketones (excluding diaryl/α,β-unsaturated/α-hetero) is 1. The molecule has 0 aliphatic rings. The number of rotatable bonds is 6. The molecule has 0 spiro atoms. The number of para-hydroxylation sites is 2. The predicted molar refractivity (Wildman–Crippen MR) is 111 cm³/mol. The van der Waals surface area contributed by atoms with Crippen molar-refractivity contribution in [3.63, 3.8) is 0 Å². The minimum Gasteiger partial charge on any atom is -0.454 e. The second-order valence-corrected chi connectivity index (χ2v) is 6.80. The maximum absolute atomic E-state index is 12.6. The Labute approximate surface area is 168 Å². The van der Waals surface area contributed by atoms with Crippen LogP contribution >= 0.6 is 0 Å². The lowest BCUT2D eigenvalue weighted by Crippen LogP contribution is -2.14. The van der Waals surface area contributed by atoms with Crippen LogP contribution < -0.4 is 0 Å². The Bertz CT molecular complexity index is 1190. The molecule has 0 radical (unpaired) electrons. The number of carbonyl (C=O) groups is 2. The van der Waals surface area contributed by atoms with Crippen LogP contribution in [0.5, 0.6) is 0 Å². The van der Waals surface area contributed by atoms with Gasteiger partial charge >= 0.3 is 5.97 Å². The number of ether oxygens (including phenoxy) is 1. The fraction of sp³-hybridized carbons (Fsp3) is 0.174. The van der Waals surface area contributed by atoms with E-state index in [1.165, 1.54) is 0 Å². The molecule has 2 aromatic heterocycles. The minimum absolute atomic E-state index is 0.244. The summed E-state index contributed by atoms with van der Waals surface area (Å²) in [5.41, 5.74) is 4.35. The van der Waals surface area contributed by atoms with E-state index < -0.39 is 5.97 Å². The van der Waals surface area contributed by atoms with Crippen LogP contribution in [0.25, 0.3) is 16.6 Å². The molecule has 2 heterocycles. The van der Waals surface area contributed by atoms with E-state index >= 15 is 0 Å². The third kappa shape index (κ3) is 3.57. The van der Waals surface area contributed by atoms with Gasteiger partial charge in [0.25, 0.3) is 0 Å². The molecule has 0 unspecified atom stereocenters. The number of H-pyrrole nitrogens is 1. The summed E-state index contributed by atoms with van der Waals surface area (Å²) in [5.74, 6) is -0.807. The van der Waals surface area contributed by atoms with Gasteiger partial charge in [0.05, 0.1) is 11.4 Å². The van der Waals surface area contributed by atoms with Gasteiger partial charge in [-0.15, -0.1) is 0 Å². The number of ketones is 1. The molecule has 0 fully saturated rings. The summed E-state index contributed by atoms with van der Waals surface area (Å²) in [7, 11) is 0. The zero-order valence-corrected chi connectivity index (χ0v) is 16.3. The van der Waals surface area contributed by atoms with Crippen LogP contribution in [0.3, 0.4) is 0 Å². The summed E-state index contributed by atoms with van der Waals surface area (Å²) in [4.78, 5) is 28.3. The van der Waals surface area contributed by atoms with Gasteiger partial charge in [0, 0.05) is 28.9 Å². The summed E-state index contributed by atoms with van der Waals surface area (Å²) in [5, 5.41) is 5.21. The van der Waals surface area contributed by atoms with Crippen molar-refractivity contribution in [2.24, 2.45) is 0 Å². The van der Waals surface area contributed by atoms with Crippen LogP contribution in [0.2, 0.25) is 0 Å². The smallest absolute Gasteiger partial charge is 0.342 e. The van der Waals surface area contributed by atoms with Crippen molar-refractivity contribution < 1.29 is 14.3 Å². The average molecular weight is 387 g/mol. The highest BCUT2D eigenvalue weighted by atomic mass is 16.5. The molecule has 0 aliphatic heterocycles. The maximum Gasteiger partial charge on any atom is 0.342 e. The number of aromatic amines is 1. The molecule has 0 bridgehead atoms.